The molecule has 1 aromatic carbocycles. The summed E-state index contributed by atoms with van der Waals surface area (Å²) < 4.78 is 0. The monoisotopic (exact) mass is 208 g/mol. The van der Waals surface area contributed by atoms with Crippen molar-refractivity contribution in [2.45, 2.75) is 25.4 Å². The molecule has 4 heteroatoms. The summed E-state index contributed by atoms with van der Waals surface area (Å²) in [6, 6.07) is 9.06. The third-order valence-electron chi connectivity index (χ3n) is 2.37. The third-order valence-corrected chi connectivity index (χ3v) is 2.37. The van der Waals surface area contributed by atoms with E-state index in [1.807, 2.05) is 30.3 Å². The second-order valence-corrected chi connectivity index (χ2v) is 4.04. The summed E-state index contributed by atoms with van der Waals surface area (Å²) in [6.07, 6.45) is -1.06. The number of nitrogens with two attached hydrogens (primary N) is 1. The van der Waals surface area contributed by atoms with Crippen LogP contribution in [-0.2, 0) is 0 Å². The Morgan fingerprint density at radius 1 is 1.40 bits per heavy atom. The molecule has 0 radical (unpaired) electrons. The molecular formula is C11H16N2O2. The van der Waals surface area contributed by atoms with Crippen LogP contribution in [0.1, 0.15) is 25.5 Å². The molecule has 0 aromatic heterocycles. The molecule has 1 unspecified atom stereocenters. The van der Waals surface area contributed by atoms with Gasteiger partial charge in [0, 0.05) is 0 Å². The summed E-state index contributed by atoms with van der Waals surface area (Å²) in [7, 11) is 0. The van der Waals surface area contributed by atoms with E-state index in [2.05, 4.69) is 5.32 Å². The predicted molar refractivity (Wildman–Crippen MR) is 58.6 cm³/mol. The number of carbonyl (C=O) groups is 1. The van der Waals surface area contributed by atoms with Gasteiger partial charge in [-0.1, -0.05) is 30.3 Å². The molecule has 0 aliphatic heterocycles. The highest BCUT2D eigenvalue weighted by Gasteiger charge is 2.29. The zero-order valence-corrected chi connectivity index (χ0v) is 8.90. The molecule has 15 heavy (non-hydrogen) atoms. The largest absolute Gasteiger partial charge is 0.465 e. The van der Waals surface area contributed by atoms with Gasteiger partial charge in [0.1, 0.15) is 0 Å². The standard InChI is InChI=1S/C11H16N2O2/c1-11(2,13-10(14)15)9(12)8-6-4-3-5-7-8/h3-7,9,13H,12H2,1-2H3,(H,14,15). The van der Waals surface area contributed by atoms with E-state index in [-0.39, 0.29) is 6.04 Å². The molecule has 0 heterocycles. The second-order valence-electron chi connectivity index (χ2n) is 4.04. The van der Waals surface area contributed by atoms with Crippen LogP contribution in [0.5, 0.6) is 0 Å². The van der Waals surface area contributed by atoms with E-state index in [4.69, 9.17) is 10.8 Å². The number of hydrogen-bond acceptors (Lipinski definition) is 2. The van der Waals surface area contributed by atoms with Gasteiger partial charge in [-0.3, -0.25) is 0 Å². The average Bonchev–Trinajstić information content (AvgIpc) is 2.16. The number of benzene rings is 1. The second kappa shape index (κ2) is 4.31. The molecule has 0 fully saturated rings. The molecule has 4 N–H and O–H groups in total. The van der Waals surface area contributed by atoms with E-state index in [1.54, 1.807) is 13.8 Å². The Morgan fingerprint density at radius 2 is 1.93 bits per heavy atom. The molecule has 0 saturated heterocycles. The first-order chi connectivity index (χ1) is 6.93. The van der Waals surface area contributed by atoms with Gasteiger partial charge in [-0.15, -0.1) is 0 Å². The van der Waals surface area contributed by atoms with E-state index < -0.39 is 11.6 Å². The molecule has 82 valence electrons. The van der Waals surface area contributed by atoms with Crippen molar-refractivity contribution in [1.82, 2.24) is 5.32 Å². The molecule has 0 aliphatic carbocycles. The lowest BCUT2D eigenvalue weighted by atomic mass is 9.89. The van der Waals surface area contributed by atoms with Crippen LogP contribution in [0.4, 0.5) is 4.79 Å². The lowest BCUT2D eigenvalue weighted by Crippen LogP contribution is -2.50. The molecule has 1 rings (SSSR count). The van der Waals surface area contributed by atoms with Crippen LogP contribution >= 0.6 is 0 Å². The average molecular weight is 208 g/mol. The Kier molecular flexibility index (Phi) is 3.31. The summed E-state index contributed by atoms with van der Waals surface area (Å²) in [5.41, 5.74) is 6.22. The van der Waals surface area contributed by atoms with Crippen molar-refractivity contribution in [2.75, 3.05) is 0 Å². The van der Waals surface area contributed by atoms with Gasteiger partial charge in [0.15, 0.2) is 0 Å². The summed E-state index contributed by atoms with van der Waals surface area (Å²) in [4.78, 5) is 10.6. The fourth-order valence-corrected chi connectivity index (χ4v) is 1.43. The van der Waals surface area contributed by atoms with Crippen molar-refractivity contribution in [3.63, 3.8) is 0 Å². The molecule has 4 nitrogen and oxygen atoms in total. The van der Waals surface area contributed by atoms with Crippen LogP contribution in [0.2, 0.25) is 0 Å². The summed E-state index contributed by atoms with van der Waals surface area (Å²) >= 11 is 0. The van der Waals surface area contributed by atoms with Crippen molar-refractivity contribution >= 4 is 6.09 Å². The number of amides is 1. The lowest BCUT2D eigenvalue weighted by Gasteiger charge is -2.31. The summed E-state index contributed by atoms with van der Waals surface area (Å²) in [5.74, 6) is 0. The first-order valence-electron chi connectivity index (χ1n) is 4.75. The summed E-state index contributed by atoms with van der Waals surface area (Å²) in [6.45, 7) is 3.53. The molecular weight excluding hydrogens is 192 g/mol. The van der Waals surface area contributed by atoms with Crippen LogP contribution in [0.3, 0.4) is 0 Å². The molecule has 1 aromatic rings. The van der Waals surface area contributed by atoms with E-state index in [9.17, 15) is 4.79 Å². The molecule has 0 saturated carbocycles. The molecule has 0 spiro atoms. The SMILES string of the molecule is CC(C)(NC(=O)O)C(N)c1ccccc1. The first kappa shape index (κ1) is 11.5. The molecule has 0 aliphatic rings. The van der Waals surface area contributed by atoms with Gasteiger partial charge < -0.3 is 16.2 Å². The van der Waals surface area contributed by atoms with E-state index in [0.717, 1.165) is 5.56 Å². The van der Waals surface area contributed by atoms with E-state index in [1.165, 1.54) is 0 Å². The zero-order chi connectivity index (χ0) is 11.5. The van der Waals surface area contributed by atoms with Gasteiger partial charge in [0.05, 0.1) is 11.6 Å². The Labute approximate surface area is 89.1 Å². The number of carboxylic acid groups (broad SMARTS) is 1. The summed E-state index contributed by atoms with van der Waals surface area (Å²) in [5, 5.41) is 11.1. The predicted octanol–water partition coefficient (Wildman–Crippen LogP) is 1.73. The van der Waals surface area contributed by atoms with Crippen LogP contribution in [-0.4, -0.2) is 16.7 Å². The highest BCUT2D eigenvalue weighted by atomic mass is 16.4. The number of hydrogen-bond donors (Lipinski definition) is 3. The maximum atomic E-state index is 10.6. The Morgan fingerprint density at radius 3 is 2.40 bits per heavy atom. The maximum Gasteiger partial charge on any atom is 0.405 e. The van der Waals surface area contributed by atoms with Gasteiger partial charge in [-0.05, 0) is 19.4 Å². The number of nitrogens with one attached hydrogen (secondary N) is 1. The van der Waals surface area contributed by atoms with Crippen molar-refractivity contribution in [2.24, 2.45) is 5.73 Å². The van der Waals surface area contributed by atoms with Gasteiger partial charge in [-0.2, -0.15) is 0 Å². The minimum atomic E-state index is -1.06. The number of rotatable bonds is 3. The molecule has 1 atom stereocenters. The van der Waals surface area contributed by atoms with Crippen molar-refractivity contribution in [3.8, 4) is 0 Å². The zero-order valence-electron chi connectivity index (χ0n) is 8.90. The topological polar surface area (TPSA) is 75.3 Å². The highest BCUT2D eigenvalue weighted by molar-refractivity contribution is 5.65. The van der Waals surface area contributed by atoms with E-state index in [0.29, 0.717) is 0 Å². The molecule has 1 amide bonds. The Balaban J connectivity index is 2.84. The van der Waals surface area contributed by atoms with E-state index >= 15 is 0 Å². The van der Waals surface area contributed by atoms with Crippen molar-refractivity contribution in [3.05, 3.63) is 35.9 Å². The Hall–Kier alpha value is -1.55. The third kappa shape index (κ3) is 2.95. The minimum Gasteiger partial charge on any atom is -0.465 e. The van der Waals surface area contributed by atoms with Gasteiger partial charge in [0.25, 0.3) is 0 Å². The van der Waals surface area contributed by atoms with Crippen LogP contribution in [0, 0.1) is 0 Å². The van der Waals surface area contributed by atoms with Crippen LogP contribution < -0.4 is 11.1 Å². The van der Waals surface area contributed by atoms with Gasteiger partial charge in [0.2, 0.25) is 0 Å². The fourth-order valence-electron chi connectivity index (χ4n) is 1.43. The smallest absolute Gasteiger partial charge is 0.405 e. The highest BCUT2D eigenvalue weighted by Crippen LogP contribution is 2.22. The van der Waals surface area contributed by atoms with Crippen molar-refractivity contribution < 1.29 is 9.90 Å². The van der Waals surface area contributed by atoms with Gasteiger partial charge >= 0.3 is 6.09 Å². The minimum absolute atomic E-state index is 0.366. The molecule has 0 bridgehead atoms. The Bertz CT molecular complexity index is 336. The maximum absolute atomic E-state index is 10.6. The quantitative estimate of drug-likeness (QED) is 0.708. The van der Waals surface area contributed by atoms with Gasteiger partial charge in [-0.25, -0.2) is 4.79 Å². The lowest BCUT2D eigenvalue weighted by molar-refractivity contribution is 0.177. The fraction of sp³-hybridized carbons (Fsp3) is 0.364. The van der Waals surface area contributed by atoms with Crippen LogP contribution in [0.15, 0.2) is 30.3 Å². The normalized spacial score (nSPS) is 13.3. The van der Waals surface area contributed by atoms with Crippen molar-refractivity contribution in [1.29, 1.82) is 0 Å². The van der Waals surface area contributed by atoms with Crippen LogP contribution in [0.25, 0.3) is 0 Å². The first-order valence-corrected chi connectivity index (χ1v) is 4.75.